The number of pyridine rings is 1. The molecule has 2 aromatic rings. The molecule has 2 aliphatic heterocycles. The number of fused-ring (bicyclic) bond motifs is 1. The molecule has 1 saturated heterocycles. The summed E-state index contributed by atoms with van der Waals surface area (Å²) in [6, 6.07) is 7.45. The van der Waals surface area contributed by atoms with Gasteiger partial charge in [-0.25, -0.2) is 9.37 Å². The van der Waals surface area contributed by atoms with E-state index in [2.05, 4.69) is 4.98 Å². The van der Waals surface area contributed by atoms with E-state index in [9.17, 15) is 19.1 Å². The first kappa shape index (κ1) is 26.0. The van der Waals surface area contributed by atoms with Crippen LogP contribution in [0.3, 0.4) is 0 Å². The molecule has 1 N–H and O–H groups in total. The van der Waals surface area contributed by atoms with Crippen LogP contribution < -0.4 is 4.74 Å². The van der Waals surface area contributed by atoms with Crippen molar-refractivity contribution in [2.45, 2.75) is 38.8 Å². The van der Waals surface area contributed by atoms with Crippen LogP contribution in [-0.4, -0.2) is 83.8 Å². The monoisotopic (exact) mass is 499 g/mol. The quantitative estimate of drug-likeness (QED) is 0.657. The molecule has 3 heterocycles. The summed E-state index contributed by atoms with van der Waals surface area (Å²) in [4.78, 5) is 34.3. The van der Waals surface area contributed by atoms with Crippen LogP contribution in [0.1, 0.15) is 37.0 Å². The summed E-state index contributed by atoms with van der Waals surface area (Å²) in [5.41, 5.74) is 0.986. The third-order valence-corrected chi connectivity index (χ3v) is 7.11. The molecule has 0 aliphatic carbocycles. The van der Waals surface area contributed by atoms with E-state index in [1.807, 2.05) is 6.92 Å². The number of rotatable bonds is 6. The zero-order valence-corrected chi connectivity index (χ0v) is 21.0. The van der Waals surface area contributed by atoms with Gasteiger partial charge in [-0.2, -0.15) is 0 Å². The van der Waals surface area contributed by atoms with Gasteiger partial charge in [0.05, 0.1) is 19.2 Å². The van der Waals surface area contributed by atoms with E-state index in [0.717, 1.165) is 0 Å². The van der Waals surface area contributed by atoms with Crippen molar-refractivity contribution in [1.82, 2.24) is 14.8 Å². The van der Waals surface area contributed by atoms with Crippen LogP contribution in [0.25, 0.3) is 11.1 Å². The highest BCUT2D eigenvalue weighted by molar-refractivity contribution is 5.98. The van der Waals surface area contributed by atoms with Crippen LogP contribution in [0.5, 0.6) is 5.88 Å². The lowest BCUT2D eigenvalue weighted by molar-refractivity contribution is -0.138. The first-order valence-electron chi connectivity index (χ1n) is 12.5. The minimum absolute atomic E-state index is 0.0518. The second-order valence-electron chi connectivity index (χ2n) is 9.78. The third-order valence-electron chi connectivity index (χ3n) is 7.11. The van der Waals surface area contributed by atoms with Gasteiger partial charge < -0.3 is 24.4 Å². The maximum absolute atomic E-state index is 14.5. The number of halogens is 1. The predicted octanol–water partition coefficient (Wildman–Crippen LogP) is 2.99. The number of aliphatic hydroxyl groups is 1. The summed E-state index contributed by atoms with van der Waals surface area (Å²) in [5.74, 6) is -0.787. The molecule has 194 valence electrons. The van der Waals surface area contributed by atoms with E-state index in [1.165, 1.54) is 12.3 Å². The average Bonchev–Trinajstić information content (AvgIpc) is 2.90. The first-order valence-corrected chi connectivity index (χ1v) is 12.5. The normalized spacial score (nSPS) is 21.7. The number of hydrogen-bond donors (Lipinski definition) is 1. The SMILES string of the molecule is C[C@H](CO)N1C[C@H](C)[C@@H](CN(C)C(=O)C2CCOCC2)Oc2ncc(-c3ccccc3F)cc2C1=O. The highest BCUT2D eigenvalue weighted by Gasteiger charge is 2.35. The predicted molar refractivity (Wildman–Crippen MR) is 132 cm³/mol. The van der Waals surface area contributed by atoms with Crippen LogP contribution in [0.15, 0.2) is 36.5 Å². The van der Waals surface area contributed by atoms with Crippen molar-refractivity contribution in [3.63, 3.8) is 0 Å². The summed E-state index contributed by atoms with van der Waals surface area (Å²) in [7, 11) is 1.77. The van der Waals surface area contributed by atoms with Crippen LogP contribution in [0.4, 0.5) is 4.39 Å². The Bertz CT molecular complexity index is 1090. The zero-order valence-electron chi connectivity index (χ0n) is 21.0. The number of hydrogen-bond acceptors (Lipinski definition) is 6. The molecule has 1 fully saturated rings. The molecular formula is C27H34FN3O5. The summed E-state index contributed by atoms with van der Waals surface area (Å²) < 4.78 is 26.1. The van der Waals surface area contributed by atoms with E-state index in [-0.39, 0.29) is 41.7 Å². The van der Waals surface area contributed by atoms with E-state index in [4.69, 9.17) is 9.47 Å². The summed E-state index contributed by atoms with van der Waals surface area (Å²) in [6.07, 6.45) is 2.45. The highest BCUT2D eigenvalue weighted by Crippen LogP contribution is 2.31. The molecule has 4 rings (SSSR count). The lowest BCUT2D eigenvalue weighted by Gasteiger charge is -2.38. The Labute approximate surface area is 211 Å². The van der Waals surface area contributed by atoms with Gasteiger partial charge >= 0.3 is 0 Å². The number of benzene rings is 1. The zero-order chi connectivity index (χ0) is 25.8. The Morgan fingerprint density at radius 3 is 2.69 bits per heavy atom. The summed E-state index contributed by atoms with van der Waals surface area (Å²) >= 11 is 0. The van der Waals surface area contributed by atoms with Crippen molar-refractivity contribution in [1.29, 1.82) is 0 Å². The Morgan fingerprint density at radius 1 is 1.28 bits per heavy atom. The number of ether oxygens (including phenoxy) is 2. The highest BCUT2D eigenvalue weighted by atomic mass is 19.1. The second-order valence-corrected chi connectivity index (χ2v) is 9.78. The fourth-order valence-corrected chi connectivity index (χ4v) is 4.78. The number of carbonyl (C=O) groups is 2. The molecule has 1 aromatic carbocycles. The Morgan fingerprint density at radius 2 is 2.00 bits per heavy atom. The van der Waals surface area contributed by atoms with Crippen molar-refractivity contribution in [2.75, 3.05) is 40.0 Å². The average molecular weight is 500 g/mol. The van der Waals surface area contributed by atoms with Crippen LogP contribution in [0, 0.1) is 17.7 Å². The van der Waals surface area contributed by atoms with E-state index in [1.54, 1.807) is 48.0 Å². The van der Waals surface area contributed by atoms with Gasteiger partial charge in [0.1, 0.15) is 17.5 Å². The molecule has 9 heteroatoms. The smallest absolute Gasteiger partial charge is 0.259 e. The van der Waals surface area contributed by atoms with Crippen molar-refractivity contribution in [2.24, 2.45) is 11.8 Å². The molecule has 0 radical (unpaired) electrons. The topological polar surface area (TPSA) is 92.2 Å². The largest absolute Gasteiger partial charge is 0.472 e. The number of nitrogens with zero attached hydrogens (tertiary/aromatic N) is 3. The van der Waals surface area contributed by atoms with E-state index < -0.39 is 18.0 Å². The van der Waals surface area contributed by atoms with E-state index >= 15 is 0 Å². The van der Waals surface area contributed by atoms with Gasteiger partial charge in [0.15, 0.2) is 0 Å². The molecule has 8 nitrogen and oxygen atoms in total. The van der Waals surface area contributed by atoms with Gasteiger partial charge in [0, 0.05) is 56.0 Å². The number of aromatic nitrogens is 1. The molecule has 0 unspecified atom stereocenters. The maximum atomic E-state index is 14.5. The molecule has 2 aliphatic rings. The minimum atomic E-state index is -0.440. The lowest BCUT2D eigenvalue weighted by atomic mass is 9.96. The molecular weight excluding hydrogens is 465 g/mol. The van der Waals surface area contributed by atoms with Crippen molar-refractivity contribution >= 4 is 11.8 Å². The van der Waals surface area contributed by atoms with Gasteiger partial charge in [0.2, 0.25) is 11.8 Å². The van der Waals surface area contributed by atoms with E-state index in [0.29, 0.717) is 50.3 Å². The fraction of sp³-hybridized carbons (Fsp3) is 0.519. The van der Waals surface area contributed by atoms with Gasteiger partial charge in [-0.05, 0) is 31.9 Å². The molecule has 0 spiro atoms. The fourth-order valence-electron chi connectivity index (χ4n) is 4.78. The second kappa shape index (κ2) is 11.3. The van der Waals surface area contributed by atoms with Gasteiger partial charge in [-0.3, -0.25) is 9.59 Å². The molecule has 2 amide bonds. The Kier molecular flexibility index (Phi) is 8.21. The van der Waals surface area contributed by atoms with Crippen molar-refractivity contribution in [3.8, 4) is 17.0 Å². The molecule has 36 heavy (non-hydrogen) atoms. The van der Waals surface area contributed by atoms with Crippen molar-refractivity contribution < 1.29 is 28.6 Å². The standard InChI is InChI=1S/C27H34FN3O5/c1-17-14-31(18(2)16-32)27(34)22-12-20(21-6-4-5-7-23(21)28)13-29-25(22)36-24(17)15-30(3)26(33)19-8-10-35-11-9-19/h4-7,12-13,17-19,24,32H,8-11,14-16H2,1-3H3/t17-,18+,24+/m0/s1. The third kappa shape index (κ3) is 5.52. The molecule has 1 aromatic heterocycles. The molecule has 3 atom stereocenters. The Hall–Kier alpha value is -3.04. The van der Waals surface area contributed by atoms with Gasteiger partial charge in [0.25, 0.3) is 5.91 Å². The van der Waals surface area contributed by atoms with Gasteiger partial charge in [-0.15, -0.1) is 0 Å². The first-order chi connectivity index (χ1) is 17.3. The lowest BCUT2D eigenvalue weighted by Crippen LogP contribution is -2.51. The van der Waals surface area contributed by atoms with Crippen LogP contribution >= 0.6 is 0 Å². The number of amides is 2. The van der Waals surface area contributed by atoms with Crippen LogP contribution in [0.2, 0.25) is 0 Å². The van der Waals surface area contributed by atoms with Crippen LogP contribution in [-0.2, 0) is 9.53 Å². The number of likely N-dealkylation sites (N-methyl/N-ethyl adjacent to an activating group) is 1. The summed E-state index contributed by atoms with van der Waals surface area (Å²) in [5, 5.41) is 9.85. The number of carbonyl (C=O) groups excluding carboxylic acids is 2. The summed E-state index contributed by atoms with van der Waals surface area (Å²) in [6.45, 7) is 5.34. The maximum Gasteiger partial charge on any atom is 0.259 e. The minimum Gasteiger partial charge on any atom is -0.472 e. The Balaban J connectivity index is 1.66. The number of aliphatic hydroxyl groups excluding tert-OH is 1. The molecule has 0 saturated carbocycles. The van der Waals surface area contributed by atoms with Gasteiger partial charge in [-0.1, -0.05) is 25.1 Å². The van der Waals surface area contributed by atoms with Crippen molar-refractivity contribution in [3.05, 3.63) is 47.9 Å². The molecule has 0 bridgehead atoms.